The Bertz CT molecular complexity index is 191. The first-order chi connectivity index (χ1) is 6.69. The number of hydrogen-bond acceptors (Lipinski definition) is 2. The van der Waals surface area contributed by atoms with Crippen LogP contribution in [0.25, 0.3) is 0 Å². The van der Waals surface area contributed by atoms with E-state index in [4.69, 9.17) is 5.41 Å². The van der Waals surface area contributed by atoms with Gasteiger partial charge in [0.2, 0.25) is 0 Å². The van der Waals surface area contributed by atoms with Gasteiger partial charge in [0.05, 0.1) is 5.84 Å². The molecule has 1 saturated heterocycles. The fourth-order valence-corrected chi connectivity index (χ4v) is 2.15. The summed E-state index contributed by atoms with van der Waals surface area (Å²) < 4.78 is 0. The van der Waals surface area contributed by atoms with Gasteiger partial charge in [0.1, 0.15) is 0 Å². The molecule has 1 unspecified atom stereocenters. The van der Waals surface area contributed by atoms with Crippen LogP contribution in [-0.2, 0) is 0 Å². The summed E-state index contributed by atoms with van der Waals surface area (Å²) >= 11 is 0. The minimum Gasteiger partial charge on any atom is -0.356 e. The predicted molar refractivity (Wildman–Crippen MR) is 60.9 cm³/mol. The zero-order chi connectivity index (χ0) is 10.6. The van der Waals surface area contributed by atoms with Crippen LogP contribution >= 0.6 is 0 Å². The van der Waals surface area contributed by atoms with Crippen molar-refractivity contribution in [1.82, 2.24) is 9.80 Å². The van der Waals surface area contributed by atoms with E-state index >= 15 is 0 Å². The van der Waals surface area contributed by atoms with Gasteiger partial charge in [-0.3, -0.25) is 5.41 Å². The van der Waals surface area contributed by atoms with Crippen molar-refractivity contribution in [2.24, 2.45) is 0 Å². The molecule has 0 aliphatic carbocycles. The van der Waals surface area contributed by atoms with Crippen molar-refractivity contribution in [3.8, 4) is 0 Å². The number of nitrogens with zero attached hydrogens (tertiary/aromatic N) is 2. The molecule has 0 amide bonds. The van der Waals surface area contributed by atoms with Crippen LogP contribution in [0, 0.1) is 5.41 Å². The molecule has 0 aromatic rings. The summed E-state index contributed by atoms with van der Waals surface area (Å²) in [4.78, 5) is 4.68. The average Bonchev–Trinajstić information content (AvgIpc) is 2.38. The fraction of sp³-hybridized carbons (Fsp3) is 0.909. The van der Waals surface area contributed by atoms with Crippen LogP contribution in [0.15, 0.2) is 0 Å². The van der Waals surface area contributed by atoms with Crippen LogP contribution in [-0.4, -0.2) is 48.4 Å². The maximum atomic E-state index is 7.94. The van der Waals surface area contributed by atoms with Gasteiger partial charge >= 0.3 is 0 Å². The van der Waals surface area contributed by atoms with Gasteiger partial charge in [-0.1, -0.05) is 13.8 Å². The zero-order valence-electron chi connectivity index (χ0n) is 9.71. The van der Waals surface area contributed by atoms with Gasteiger partial charge in [-0.15, -0.1) is 0 Å². The Kier molecular flexibility index (Phi) is 4.39. The molecule has 1 atom stereocenters. The Morgan fingerprint density at radius 1 is 1.36 bits per heavy atom. The second-order valence-corrected chi connectivity index (χ2v) is 4.17. The third-order valence-corrected chi connectivity index (χ3v) is 3.05. The number of amidine groups is 1. The van der Waals surface area contributed by atoms with Gasteiger partial charge < -0.3 is 9.80 Å². The van der Waals surface area contributed by atoms with Crippen molar-refractivity contribution < 1.29 is 0 Å². The summed E-state index contributed by atoms with van der Waals surface area (Å²) in [6.45, 7) is 7.64. The highest BCUT2D eigenvalue weighted by atomic mass is 15.3. The molecule has 1 aliphatic heterocycles. The van der Waals surface area contributed by atoms with Gasteiger partial charge in [-0.2, -0.15) is 0 Å². The molecule has 0 aromatic carbocycles. The van der Waals surface area contributed by atoms with E-state index in [0.29, 0.717) is 6.04 Å². The molecule has 0 bridgehead atoms. The predicted octanol–water partition coefficient (Wildman–Crippen LogP) is 1.79. The van der Waals surface area contributed by atoms with E-state index in [2.05, 4.69) is 30.7 Å². The van der Waals surface area contributed by atoms with Gasteiger partial charge in [0.25, 0.3) is 0 Å². The first-order valence-corrected chi connectivity index (χ1v) is 5.71. The Hall–Kier alpha value is -0.570. The topological polar surface area (TPSA) is 30.3 Å². The summed E-state index contributed by atoms with van der Waals surface area (Å²) in [6, 6.07) is 0.551. The molecule has 14 heavy (non-hydrogen) atoms. The summed E-state index contributed by atoms with van der Waals surface area (Å²) in [7, 11) is 2.18. The van der Waals surface area contributed by atoms with E-state index in [-0.39, 0.29) is 0 Å². The van der Waals surface area contributed by atoms with E-state index < -0.39 is 0 Å². The van der Waals surface area contributed by atoms with E-state index in [1.54, 1.807) is 0 Å². The van der Waals surface area contributed by atoms with Gasteiger partial charge in [0.15, 0.2) is 0 Å². The van der Waals surface area contributed by atoms with Crippen molar-refractivity contribution >= 4 is 5.84 Å². The molecule has 0 aromatic heterocycles. The van der Waals surface area contributed by atoms with Crippen LogP contribution in [0.4, 0.5) is 0 Å². The monoisotopic (exact) mass is 197 g/mol. The van der Waals surface area contributed by atoms with Crippen LogP contribution in [0.3, 0.4) is 0 Å². The molecule has 0 saturated carbocycles. The summed E-state index contributed by atoms with van der Waals surface area (Å²) in [6.07, 6.45) is 3.20. The minimum absolute atomic E-state index is 0.551. The normalized spacial score (nSPS) is 24.8. The van der Waals surface area contributed by atoms with Crippen molar-refractivity contribution in [2.75, 3.05) is 26.7 Å². The Labute approximate surface area is 87.6 Å². The highest BCUT2D eigenvalue weighted by molar-refractivity contribution is 5.79. The lowest BCUT2D eigenvalue weighted by Crippen LogP contribution is -2.42. The van der Waals surface area contributed by atoms with Crippen molar-refractivity contribution in [1.29, 1.82) is 5.41 Å². The molecule has 3 heteroatoms. The van der Waals surface area contributed by atoms with Crippen LogP contribution < -0.4 is 0 Å². The summed E-state index contributed by atoms with van der Waals surface area (Å²) in [5.41, 5.74) is 0. The maximum Gasteiger partial charge on any atom is 0.0957 e. The molecule has 1 heterocycles. The number of rotatable bonds is 2. The lowest BCUT2D eigenvalue weighted by atomic mass is 10.1. The number of likely N-dealkylation sites (N-methyl/N-ethyl adjacent to an activating group) is 1. The van der Waals surface area contributed by atoms with Crippen molar-refractivity contribution in [2.45, 2.75) is 39.2 Å². The first kappa shape index (κ1) is 11.5. The largest absolute Gasteiger partial charge is 0.356 e. The second-order valence-electron chi connectivity index (χ2n) is 4.17. The van der Waals surface area contributed by atoms with Gasteiger partial charge in [-0.25, -0.2) is 0 Å². The molecule has 1 aliphatic rings. The molecule has 0 spiro atoms. The first-order valence-electron chi connectivity index (χ1n) is 5.71. The second kappa shape index (κ2) is 5.35. The van der Waals surface area contributed by atoms with Crippen molar-refractivity contribution in [3.05, 3.63) is 0 Å². The van der Waals surface area contributed by atoms with E-state index in [1.165, 1.54) is 13.0 Å². The van der Waals surface area contributed by atoms with Crippen LogP contribution in [0.2, 0.25) is 0 Å². The third-order valence-electron chi connectivity index (χ3n) is 3.05. The van der Waals surface area contributed by atoms with E-state index in [0.717, 1.165) is 31.8 Å². The summed E-state index contributed by atoms with van der Waals surface area (Å²) in [5.74, 6) is 0.812. The Morgan fingerprint density at radius 3 is 2.64 bits per heavy atom. The highest BCUT2D eigenvalue weighted by Crippen LogP contribution is 2.13. The average molecular weight is 197 g/mol. The summed E-state index contributed by atoms with van der Waals surface area (Å²) in [5, 5.41) is 7.94. The number of nitrogens with one attached hydrogen (secondary N) is 1. The lowest BCUT2D eigenvalue weighted by molar-refractivity contribution is 0.260. The Morgan fingerprint density at radius 2 is 2.07 bits per heavy atom. The quantitative estimate of drug-likeness (QED) is 0.540. The molecule has 0 radical (unpaired) electrons. The molecule has 1 N–H and O–H groups in total. The molecule has 1 fully saturated rings. The van der Waals surface area contributed by atoms with E-state index in [9.17, 15) is 0 Å². The fourth-order valence-electron chi connectivity index (χ4n) is 2.15. The zero-order valence-corrected chi connectivity index (χ0v) is 9.71. The maximum absolute atomic E-state index is 7.94. The minimum atomic E-state index is 0.551. The molecular formula is C11H23N3. The molecule has 3 nitrogen and oxygen atoms in total. The smallest absolute Gasteiger partial charge is 0.0957 e. The molecule has 82 valence electrons. The standard InChI is InChI=1S/C11H23N3/c1-4-10-9-13(3)7-6-8-14(10)11(12)5-2/h10,12H,4-9H2,1-3H3. The van der Waals surface area contributed by atoms with Gasteiger partial charge in [0, 0.05) is 25.6 Å². The molecular weight excluding hydrogens is 174 g/mol. The van der Waals surface area contributed by atoms with E-state index in [1.807, 2.05) is 0 Å². The lowest BCUT2D eigenvalue weighted by Gasteiger charge is -2.32. The molecule has 1 rings (SSSR count). The number of hydrogen-bond donors (Lipinski definition) is 1. The van der Waals surface area contributed by atoms with Gasteiger partial charge in [-0.05, 0) is 26.4 Å². The SMILES string of the molecule is CCC(=N)N1CCCN(C)CC1CC. The Balaban J connectivity index is 2.65. The van der Waals surface area contributed by atoms with Crippen molar-refractivity contribution in [3.63, 3.8) is 0 Å². The highest BCUT2D eigenvalue weighted by Gasteiger charge is 2.22. The van der Waals surface area contributed by atoms with Crippen LogP contribution in [0.5, 0.6) is 0 Å². The van der Waals surface area contributed by atoms with Crippen LogP contribution in [0.1, 0.15) is 33.1 Å². The third kappa shape index (κ3) is 2.71.